The summed E-state index contributed by atoms with van der Waals surface area (Å²) in [4.78, 5) is 10.4. The van der Waals surface area contributed by atoms with Gasteiger partial charge >= 0.3 is 0 Å². The van der Waals surface area contributed by atoms with E-state index in [1.165, 1.54) is 6.07 Å². The molecule has 7 heteroatoms. The van der Waals surface area contributed by atoms with E-state index in [0.29, 0.717) is 12.6 Å². The van der Waals surface area contributed by atoms with E-state index in [0.717, 1.165) is 31.9 Å². The normalized spacial score (nSPS) is 18.5. The Morgan fingerprint density at radius 2 is 2.37 bits per heavy atom. The van der Waals surface area contributed by atoms with E-state index >= 15 is 0 Å². The molecule has 1 aliphatic rings. The Bertz CT molecular complexity index is 478. The van der Waals surface area contributed by atoms with Crippen molar-refractivity contribution < 1.29 is 9.31 Å². The summed E-state index contributed by atoms with van der Waals surface area (Å²) in [7, 11) is 0. The highest BCUT2D eigenvalue weighted by Gasteiger charge is 2.18. The monoisotopic (exact) mass is 331 g/mol. The van der Waals surface area contributed by atoms with Crippen LogP contribution in [0.25, 0.3) is 0 Å². The molecule has 0 bridgehead atoms. The summed E-state index contributed by atoms with van der Waals surface area (Å²) in [6.07, 6.45) is 3.16. The van der Waals surface area contributed by atoms with Crippen LogP contribution in [-0.2, 0) is 0 Å². The highest BCUT2D eigenvalue weighted by Crippen LogP contribution is 2.30. The van der Waals surface area contributed by atoms with Gasteiger partial charge < -0.3 is 10.6 Å². The van der Waals surface area contributed by atoms with Crippen LogP contribution in [0, 0.1) is 15.9 Å². The van der Waals surface area contributed by atoms with E-state index in [1.54, 1.807) is 0 Å². The molecule has 0 radical (unpaired) electrons. The van der Waals surface area contributed by atoms with Crippen LogP contribution in [0.2, 0.25) is 0 Å². The quantitative estimate of drug-likeness (QED) is 0.642. The Labute approximate surface area is 118 Å². The molecule has 0 saturated carbocycles. The van der Waals surface area contributed by atoms with Crippen molar-refractivity contribution in [3.05, 3.63) is 32.5 Å². The predicted octanol–water partition coefficient (Wildman–Crippen LogP) is 3.05. The number of benzene rings is 1. The summed E-state index contributed by atoms with van der Waals surface area (Å²) in [5.74, 6) is -0.507. The third-order valence-corrected chi connectivity index (χ3v) is 3.81. The minimum Gasteiger partial charge on any atom is -0.379 e. The van der Waals surface area contributed by atoms with Crippen molar-refractivity contribution in [1.82, 2.24) is 5.32 Å². The van der Waals surface area contributed by atoms with Crippen LogP contribution >= 0.6 is 15.9 Å². The maximum absolute atomic E-state index is 13.4. The Balaban J connectivity index is 2.01. The molecule has 1 aromatic rings. The molecule has 19 heavy (non-hydrogen) atoms. The molecule has 0 spiro atoms. The molecule has 0 amide bonds. The summed E-state index contributed by atoms with van der Waals surface area (Å²) in [5.41, 5.74) is 0.108. The number of hydrogen-bond donors (Lipinski definition) is 2. The molecule has 0 aliphatic carbocycles. The summed E-state index contributed by atoms with van der Waals surface area (Å²) >= 11 is 2.95. The van der Waals surface area contributed by atoms with E-state index in [1.807, 2.05) is 0 Å². The lowest BCUT2D eigenvalue weighted by molar-refractivity contribution is -0.384. The summed E-state index contributed by atoms with van der Waals surface area (Å²) in [6.45, 7) is 1.61. The average molecular weight is 332 g/mol. The van der Waals surface area contributed by atoms with Gasteiger partial charge in [0.2, 0.25) is 0 Å². The van der Waals surface area contributed by atoms with E-state index in [4.69, 9.17) is 0 Å². The number of rotatable bonds is 5. The van der Waals surface area contributed by atoms with Crippen molar-refractivity contribution in [2.24, 2.45) is 0 Å². The number of nitro benzene ring substituents is 1. The van der Waals surface area contributed by atoms with Gasteiger partial charge in [-0.05, 0) is 41.7 Å². The van der Waals surface area contributed by atoms with E-state index in [-0.39, 0.29) is 15.8 Å². The summed E-state index contributed by atoms with van der Waals surface area (Å²) in [5, 5.41) is 17.2. The molecule has 104 valence electrons. The highest BCUT2D eigenvalue weighted by atomic mass is 79.9. The predicted molar refractivity (Wildman–Crippen MR) is 74.9 cm³/mol. The van der Waals surface area contributed by atoms with Crippen molar-refractivity contribution >= 4 is 27.3 Å². The van der Waals surface area contributed by atoms with Crippen molar-refractivity contribution in [2.75, 3.05) is 18.4 Å². The molecule has 1 saturated heterocycles. The molecule has 1 aromatic carbocycles. The number of halogens is 2. The Hall–Kier alpha value is -1.21. The number of hydrogen-bond acceptors (Lipinski definition) is 4. The Kier molecular flexibility index (Phi) is 4.71. The largest absolute Gasteiger partial charge is 0.379 e. The first-order chi connectivity index (χ1) is 9.08. The number of nitrogens with one attached hydrogen (secondary N) is 2. The lowest BCUT2D eigenvalue weighted by Crippen LogP contribution is -2.24. The molecule has 1 atom stereocenters. The van der Waals surface area contributed by atoms with Crippen molar-refractivity contribution in [3.8, 4) is 0 Å². The van der Waals surface area contributed by atoms with Crippen LogP contribution in [0.4, 0.5) is 15.8 Å². The molecule has 0 unspecified atom stereocenters. The smallest absolute Gasteiger partial charge is 0.293 e. The van der Waals surface area contributed by atoms with Crippen LogP contribution in [-0.4, -0.2) is 24.1 Å². The van der Waals surface area contributed by atoms with Gasteiger partial charge in [0.1, 0.15) is 11.5 Å². The second kappa shape index (κ2) is 6.29. The molecule has 2 rings (SSSR count). The molecule has 1 aliphatic heterocycles. The van der Waals surface area contributed by atoms with Crippen LogP contribution < -0.4 is 10.6 Å². The fourth-order valence-corrected chi connectivity index (χ4v) is 2.54. The van der Waals surface area contributed by atoms with Gasteiger partial charge in [-0.25, -0.2) is 4.39 Å². The van der Waals surface area contributed by atoms with Gasteiger partial charge in [0.25, 0.3) is 5.69 Å². The van der Waals surface area contributed by atoms with Crippen LogP contribution in [0.1, 0.15) is 19.3 Å². The van der Waals surface area contributed by atoms with Gasteiger partial charge in [-0.15, -0.1) is 0 Å². The molecule has 0 aromatic heterocycles. The zero-order valence-electron chi connectivity index (χ0n) is 10.3. The van der Waals surface area contributed by atoms with Crippen molar-refractivity contribution in [3.63, 3.8) is 0 Å². The standard InChI is InChI=1S/C12H15BrFN3O2/c13-9-6-12(17(18)19)11(7-10(9)14)16-5-3-8-2-1-4-15-8/h6-8,15-16H,1-5H2/t8-/m1/s1. The number of anilines is 1. The zero-order chi connectivity index (χ0) is 13.8. The third kappa shape index (κ3) is 3.63. The SMILES string of the molecule is O=[N+]([O-])c1cc(Br)c(F)cc1NCC[C@H]1CCCN1. The lowest BCUT2D eigenvalue weighted by atomic mass is 10.1. The van der Waals surface area contributed by atoms with E-state index in [9.17, 15) is 14.5 Å². The first kappa shape index (κ1) is 14.2. The fraction of sp³-hybridized carbons (Fsp3) is 0.500. The highest BCUT2D eigenvalue weighted by molar-refractivity contribution is 9.10. The third-order valence-electron chi connectivity index (χ3n) is 3.21. The minimum absolute atomic E-state index is 0.0993. The summed E-state index contributed by atoms with van der Waals surface area (Å²) in [6, 6.07) is 2.79. The maximum atomic E-state index is 13.4. The molecule has 5 nitrogen and oxygen atoms in total. The van der Waals surface area contributed by atoms with Gasteiger partial charge in [-0.2, -0.15) is 0 Å². The first-order valence-corrected chi connectivity index (χ1v) is 6.98. The van der Waals surface area contributed by atoms with E-state index in [2.05, 4.69) is 26.6 Å². The van der Waals surface area contributed by atoms with Gasteiger partial charge in [-0.1, -0.05) is 0 Å². The second-order valence-electron chi connectivity index (χ2n) is 4.55. The fourth-order valence-electron chi connectivity index (χ4n) is 2.21. The van der Waals surface area contributed by atoms with Crippen molar-refractivity contribution in [2.45, 2.75) is 25.3 Å². The minimum atomic E-state index is -0.514. The number of nitro groups is 1. The maximum Gasteiger partial charge on any atom is 0.293 e. The van der Waals surface area contributed by atoms with Gasteiger partial charge in [0.15, 0.2) is 0 Å². The molecular weight excluding hydrogens is 317 g/mol. The molecular formula is C12H15BrFN3O2. The average Bonchev–Trinajstić information content (AvgIpc) is 2.86. The van der Waals surface area contributed by atoms with Gasteiger partial charge in [0.05, 0.1) is 9.40 Å². The van der Waals surface area contributed by atoms with Crippen LogP contribution in [0.5, 0.6) is 0 Å². The van der Waals surface area contributed by atoms with Crippen molar-refractivity contribution in [1.29, 1.82) is 0 Å². The Morgan fingerprint density at radius 1 is 1.58 bits per heavy atom. The molecule has 1 fully saturated rings. The van der Waals surface area contributed by atoms with Gasteiger partial charge in [-0.3, -0.25) is 10.1 Å². The zero-order valence-corrected chi connectivity index (χ0v) is 11.9. The van der Waals surface area contributed by atoms with Crippen LogP contribution in [0.15, 0.2) is 16.6 Å². The first-order valence-electron chi connectivity index (χ1n) is 6.18. The molecule has 2 N–H and O–H groups in total. The second-order valence-corrected chi connectivity index (χ2v) is 5.40. The lowest BCUT2D eigenvalue weighted by Gasteiger charge is -2.12. The van der Waals surface area contributed by atoms with Crippen LogP contribution in [0.3, 0.4) is 0 Å². The van der Waals surface area contributed by atoms with Gasteiger partial charge in [0, 0.05) is 24.7 Å². The number of nitrogens with zero attached hydrogens (tertiary/aromatic N) is 1. The Morgan fingerprint density at radius 3 is 3.00 bits per heavy atom. The summed E-state index contributed by atoms with van der Waals surface area (Å²) < 4.78 is 13.5. The molecule has 1 heterocycles. The van der Waals surface area contributed by atoms with E-state index < -0.39 is 10.7 Å². The topological polar surface area (TPSA) is 67.2 Å².